The second kappa shape index (κ2) is 10.8. The van der Waals surface area contributed by atoms with E-state index in [2.05, 4.69) is 74.0 Å². The van der Waals surface area contributed by atoms with Crippen molar-refractivity contribution in [3.8, 4) is 17.2 Å². The lowest BCUT2D eigenvalue weighted by molar-refractivity contribution is -0.00521. The van der Waals surface area contributed by atoms with E-state index in [-0.39, 0.29) is 18.1 Å². The summed E-state index contributed by atoms with van der Waals surface area (Å²) < 4.78 is 5.87. The molecule has 0 radical (unpaired) electrons. The molecule has 3 aromatic carbocycles. The molecule has 1 saturated heterocycles. The van der Waals surface area contributed by atoms with Gasteiger partial charge in [0.25, 0.3) is 0 Å². The molecule has 0 amide bonds. The number of anilines is 2. The van der Waals surface area contributed by atoms with Gasteiger partial charge in [-0.25, -0.2) is 0 Å². The summed E-state index contributed by atoms with van der Waals surface area (Å²) in [5, 5.41) is 9.14. The highest BCUT2D eigenvalue weighted by molar-refractivity contribution is 5.84. The molecular formula is C30H33N3O2. The maximum Gasteiger partial charge on any atom is 0.150 e. The molecule has 0 saturated carbocycles. The Bertz CT molecular complexity index is 1190. The number of benzene rings is 3. The quantitative estimate of drug-likeness (QED) is 0.406. The van der Waals surface area contributed by atoms with Crippen molar-refractivity contribution in [2.45, 2.75) is 38.9 Å². The van der Waals surface area contributed by atoms with Gasteiger partial charge >= 0.3 is 0 Å². The highest BCUT2D eigenvalue weighted by Gasteiger charge is 2.23. The van der Waals surface area contributed by atoms with Crippen LogP contribution in [0.4, 0.5) is 11.4 Å². The molecular weight excluding hydrogens is 434 g/mol. The maximum atomic E-state index is 11.9. The van der Waals surface area contributed by atoms with Crippen LogP contribution in [0.25, 0.3) is 11.1 Å². The molecule has 35 heavy (non-hydrogen) atoms. The normalized spacial score (nSPS) is 18.5. The number of nitriles is 1. The summed E-state index contributed by atoms with van der Waals surface area (Å²) in [5.41, 5.74) is 6.76. The van der Waals surface area contributed by atoms with Crippen LogP contribution in [0.3, 0.4) is 0 Å². The standard InChI is InChI=1S/C30H33N3O2/c1-21(30-26(20-34)6-5-7-29(30)25-10-8-24(16-31)9-11-25)17-32(4)27-12-14-28(15-13-27)33-18-22(2)35-23(3)19-33/h5-15,20-23H,17-19H2,1-4H3. The number of hydrogen-bond donors (Lipinski definition) is 0. The van der Waals surface area contributed by atoms with Crippen molar-refractivity contribution in [3.63, 3.8) is 0 Å². The zero-order valence-electron chi connectivity index (χ0n) is 20.9. The van der Waals surface area contributed by atoms with E-state index in [1.807, 2.05) is 36.4 Å². The number of morpholine rings is 1. The number of rotatable bonds is 7. The first-order valence-electron chi connectivity index (χ1n) is 12.2. The molecule has 3 unspecified atom stereocenters. The van der Waals surface area contributed by atoms with Gasteiger partial charge in [-0.15, -0.1) is 0 Å². The highest BCUT2D eigenvalue weighted by atomic mass is 16.5. The number of ether oxygens (including phenoxy) is 1. The first-order valence-corrected chi connectivity index (χ1v) is 12.2. The van der Waals surface area contributed by atoms with Crippen LogP contribution in [0, 0.1) is 11.3 Å². The van der Waals surface area contributed by atoms with Gasteiger partial charge in [0.1, 0.15) is 6.29 Å². The maximum absolute atomic E-state index is 11.9. The fraction of sp³-hybridized carbons (Fsp3) is 0.333. The lowest BCUT2D eigenvalue weighted by Gasteiger charge is -2.37. The Morgan fingerprint density at radius 2 is 1.71 bits per heavy atom. The lowest BCUT2D eigenvalue weighted by Crippen LogP contribution is -2.45. The van der Waals surface area contributed by atoms with E-state index in [1.165, 1.54) is 5.69 Å². The minimum Gasteiger partial charge on any atom is -0.374 e. The van der Waals surface area contributed by atoms with Gasteiger partial charge in [0.05, 0.1) is 23.8 Å². The second-order valence-electron chi connectivity index (χ2n) is 9.58. The molecule has 180 valence electrons. The van der Waals surface area contributed by atoms with Crippen LogP contribution in [0.2, 0.25) is 0 Å². The first-order chi connectivity index (χ1) is 16.9. The molecule has 3 atom stereocenters. The monoisotopic (exact) mass is 467 g/mol. The fourth-order valence-electron chi connectivity index (χ4n) is 5.13. The molecule has 3 aromatic rings. The van der Waals surface area contributed by atoms with Gasteiger partial charge < -0.3 is 14.5 Å². The van der Waals surface area contributed by atoms with E-state index in [0.29, 0.717) is 11.1 Å². The van der Waals surface area contributed by atoms with Gasteiger partial charge in [0, 0.05) is 43.6 Å². The summed E-state index contributed by atoms with van der Waals surface area (Å²) in [7, 11) is 2.09. The van der Waals surface area contributed by atoms with E-state index < -0.39 is 0 Å². The van der Waals surface area contributed by atoms with Crippen LogP contribution in [0.1, 0.15) is 48.2 Å². The fourth-order valence-corrected chi connectivity index (χ4v) is 5.13. The van der Waals surface area contributed by atoms with E-state index in [4.69, 9.17) is 10.00 Å². The Morgan fingerprint density at radius 3 is 2.31 bits per heavy atom. The molecule has 0 N–H and O–H groups in total. The van der Waals surface area contributed by atoms with Crippen LogP contribution in [-0.4, -0.2) is 45.2 Å². The van der Waals surface area contributed by atoms with E-state index in [0.717, 1.165) is 48.3 Å². The Kier molecular flexibility index (Phi) is 7.53. The summed E-state index contributed by atoms with van der Waals surface area (Å²) in [6.45, 7) is 8.97. The molecule has 5 heteroatoms. The Morgan fingerprint density at radius 1 is 1.06 bits per heavy atom. The number of hydrogen-bond acceptors (Lipinski definition) is 5. The van der Waals surface area contributed by atoms with Gasteiger partial charge in [0.15, 0.2) is 0 Å². The smallest absolute Gasteiger partial charge is 0.150 e. The number of aldehydes is 1. The first kappa shape index (κ1) is 24.5. The van der Waals surface area contributed by atoms with Gasteiger partial charge in [-0.1, -0.05) is 37.3 Å². The number of likely N-dealkylation sites (N-methyl/N-ethyl adjacent to an activating group) is 1. The zero-order chi connectivity index (χ0) is 24.9. The Hall–Kier alpha value is -3.62. The molecule has 4 rings (SSSR count). The number of nitrogens with zero attached hydrogens (tertiary/aromatic N) is 3. The third-order valence-electron chi connectivity index (χ3n) is 6.71. The minimum absolute atomic E-state index is 0.118. The van der Waals surface area contributed by atoms with Crippen molar-refractivity contribution in [3.05, 3.63) is 83.4 Å². The van der Waals surface area contributed by atoms with Crippen molar-refractivity contribution < 1.29 is 9.53 Å². The summed E-state index contributed by atoms with van der Waals surface area (Å²) in [5.74, 6) is 0.118. The molecule has 0 bridgehead atoms. The largest absolute Gasteiger partial charge is 0.374 e. The van der Waals surface area contributed by atoms with Crippen molar-refractivity contribution in [1.82, 2.24) is 0 Å². The molecule has 0 aromatic heterocycles. The molecule has 0 aliphatic carbocycles. The van der Waals surface area contributed by atoms with Crippen LogP contribution in [-0.2, 0) is 4.74 Å². The van der Waals surface area contributed by atoms with Crippen LogP contribution in [0.5, 0.6) is 0 Å². The highest BCUT2D eigenvalue weighted by Crippen LogP contribution is 2.33. The van der Waals surface area contributed by atoms with E-state index in [1.54, 1.807) is 0 Å². The number of carbonyl (C=O) groups excluding carboxylic acids is 1. The Labute approximate surface area is 208 Å². The molecule has 1 heterocycles. The van der Waals surface area contributed by atoms with Crippen LogP contribution >= 0.6 is 0 Å². The predicted octanol–water partition coefficient (Wildman–Crippen LogP) is 5.89. The SMILES string of the molecule is CC1CN(c2ccc(N(C)CC(C)c3c(C=O)cccc3-c3ccc(C#N)cc3)cc2)CC(C)O1. The third-order valence-corrected chi connectivity index (χ3v) is 6.71. The third kappa shape index (κ3) is 5.55. The molecule has 0 spiro atoms. The lowest BCUT2D eigenvalue weighted by atomic mass is 9.87. The molecule has 1 aliphatic rings. The van der Waals surface area contributed by atoms with Crippen LogP contribution < -0.4 is 9.80 Å². The molecule has 5 nitrogen and oxygen atoms in total. The second-order valence-corrected chi connectivity index (χ2v) is 9.58. The molecule has 1 aliphatic heterocycles. The van der Waals surface area contributed by atoms with Crippen LogP contribution in [0.15, 0.2) is 66.7 Å². The van der Waals surface area contributed by atoms with Gasteiger partial charge in [-0.2, -0.15) is 5.26 Å². The average molecular weight is 468 g/mol. The van der Waals surface area contributed by atoms with Gasteiger partial charge in [0.2, 0.25) is 0 Å². The zero-order valence-corrected chi connectivity index (χ0v) is 20.9. The molecule has 1 fully saturated rings. The topological polar surface area (TPSA) is 56.6 Å². The summed E-state index contributed by atoms with van der Waals surface area (Å²) in [6.07, 6.45) is 1.40. The van der Waals surface area contributed by atoms with Crippen molar-refractivity contribution in [2.24, 2.45) is 0 Å². The van der Waals surface area contributed by atoms with Crippen molar-refractivity contribution in [1.29, 1.82) is 5.26 Å². The van der Waals surface area contributed by atoms with Crippen molar-refractivity contribution in [2.75, 3.05) is 36.5 Å². The Balaban J connectivity index is 1.54. The van der Waals surface area contributed by atoms with Gasteiger partial charge in [-0.3, -0.25) is 4.79 Å². The minimum atomic E-state index is 0.118. The predicted molar refractivity (Wildman–Crippen MR) is 142 cm³/mol. The number of carbonyl (C=O) groups is 1. The van der Waals surface area contributed by atoms with Crippen molar-refractivity contribution >= 4 is 17.7 Å². The van der Waals surface area contributed by atoms with Gasteiger partial charge in [-0.05, 0) is 72.9 Å². The summed E-state index contributed by atoms with van der Waals surface area (Å²) >= 11 is 0. The van der Waals surface area contributed by atoms with E-state index in [9.17, 15) is 4.79 Å². The van der Waals surface area contributed by atoms with E-state index >= 15 is 0 Å². The summed E-state index contributed by atoms with van der Waals surface area (Å²) in [6, 6.07) is 24.3. The summed E-state index contributed by atoms with van der Waals surface area (Å²) in [4.78, 5) is 16.6. The average Bonchev–Trinajstić information content (AvgIpc) is 2.87.